The molecule has 0 fully saturated rings. The fraction of sp³-hybridized carbons (Fsp3) is 0.435. The minimum atomic E-state index is 0. The van der Waals surface area contributed by atoms with E-state index in [4.69, 9.17) is 10.7 Å². The van der Waals surface area contributed by atoms with Crippen LogP contribution in [0.5, 0.6) is 0 Å². The van der Waals surface area contributed by atoms with Gasteiger partial charge in [0.15, 0.2) is 0 Å². The second-order valence-electron chi connectivity index (χ2n) is 7.06. The van der Waals surface area contributed by atoms with Gasteiger partial charge in [-0.2, -0.15) is 0 Å². The average Bonchev–Trinajstić information content (AvgIpc) is 2.68. The predicted octanol–water partition coefficient (Wildman–Crippen LogP) is 6.72. The van der Waals surface area contributed by atoms with Gasteiger partial charge in [0.25, 0.3) is 0 Å². The summed E-state index contributed by atoms with van der Waals surface area (Å²) in [6.45, 7) is 1.86. The number of nitrogens with zero attached hydrogens (tertiary/aromatic N) is 1. The van der Waals surface area contributed by atoms with Crippen LogP contribution in [-0.2, 0) is 0 Å². The van der Waals surface area contributed by atoms with E-state index in [1.165, 1.54) is 67.8 Å². The Labute approximate surface area is 181 Å². The molecule has 3 aromatic rings. The zero-order valence-electron chi connectivity index (χ0n) is 16.5. The third kappa shape index (κ3) is 6.80. The monoisotopic (exact) mass is 421 g/mol. The van der Waals surface area contributed by atoms with Crippen LogP contribution in [-0.4, -0.2) is 18.1 Å². The second kappa shape index (κ2) is 13.6. The minimum absolute atomic E-state index is 0. The van der Waals surface area contributed by atoms with Gasteiger partial charge in [-0.05, 0) is 31.5 Å². The summed E-state index contributed by atoms with van der Waals surface area (Å²) >= 11 is 0. The molecule has 0 saturated heterocycles. The van der Waals surface area contributed by atoms with Crippen LogP contribution in [0.15, 0.2) is 48.5 Å². The number of nitrogens with one attached hydrogen (secondary N) is 1. The number of halogens is 2. The molecule has 2 aromatic carbocycles. The van der Waals surface area contributed by atoms with Gasteiger partial charge in [-0.1, -0.05) is 74.9 Å². The molecular formula is C23H33Cl2N3. The Hall–Kier alpha value is -1.55. The first kappa shape index (κ1) is 24.5. The number of benzene rings is 2. The van der Waals surface area contributed by atoms with Crippen LogP contribution < -0.4 is 11.1 Å². The van der Waals surface area contributed by atoms with E-state index in [-0.39, 0.29) is 24.8 Å². The van der Waals surface area contributed by atoms with Crippen molar-refractivity contribution in [1.82, 2.24) is 4.98 Å². The highest BCUT2D eigenvalue weighted by Gasteiger charge is 2.07. The normalized spacial score (nSPS) is 10.5. The number of para-hydroxylation sites is 2. The van der Waals surface area contributed by atoms with E-state index in [1.807, 2.05) is 0 Å². The highest BCUT2D eigenvalue weighted by Crippen LogP contribution is 2.30. The first-order chi connectivity index (χ1) is 12.9. The molecule has 0 radical (unpaired) electrons. The third-order valence-corrected chi connectivity index (χ3v) is 5.02. The largest absolute Gasteiger partial charge is 0.384 e. The molecule has 0 aliphatic carbocycles. The Balaban J connectivity index is 0.00000196. The molecule has 1 aromatic heterocycles. The number of anilines is 1. The number of nitrogens with two attached hydrogens (primary N) is 1. The van der Waals surface area contributed by atoms with E-state index >= 15 is 0 Å². The number of hydrogen-bond donors (Lipinski definition) is 2. The molecule has 3 nitrogen and oxygen atoms in total. The van der Waals surface area contributed by atoms with Crippen LogP contribution in [0.2, 0.25) is 0 Å². The van der Waals surface area contributed by atoms with Gasteiger partial charge in [-0.3, -0.25) is 0 Å². The van der Waals surface area contributed by atoms with Crippen molar-refractivity contribution in [3.63, 3.8) is 0 Å². The molecule has 0 atom stereocenters. The lowest BCUT2D eigenvalue weighted by Crippen LogP contribution is -2.03. The van der Waals surface area contributed by atoms with Crippen LogP contribution in [0.3, 0.4) is 0 Å². The molecule has 1 heterocycles. The highest BCUT2D eigenvalue weighted by atomic mass is 35.5. The zero-order valence-corrected chi connectivity index (χ0v) is 18.2. The fourth-order valence-electron chi connectivity index (χ4n) is 3.57. The van der Waals surface area contributed by atoms with E-state index in [9.17, 15) is 0 Å². The van der Waals surface area contributed by atoms with Gasteiger partial charge in [-0.15, -0.1) is 24.8 Å². The van der Waals surface area contributed by atoms with Crippen LogP contribution in [0.25, 0.3) is 21.8 Å². The number of rotatable bonds is 11. The lowest BCUT2D eigenvalue weighted by atomic mass is 10.1. The Morgan fingerprint density at radius 2 is 1.11 bits per heavy atom. The molecule has 0 unspecified atom stereocenters. The standard InChI is InChI=1S/C23H31N3.2ClH/c24-17-11-5-3-1-2-4-6-12-18-25-23-19-13-7-9-15-21(19)26-22-16-10-8-14-20(22)23;;/h7-10,13-16H,1-6,11-12,17-18,24H2,(H,25,26);2*1H. The van der Waals surface area contributed by atoms with E-state index in [2.05, 4.69) is 53.8 Å². The van der Waals surface area contributed by atoms with Crippen molar-refractivity contribution in [2.24, 2.45) is 5.73 Å². The van der Waals surface area contributed by atoms with Crippen LogP contribution in [0.4, 0.5) is 5.69 Å². The Bertz CT molecular complexity index is 769. The first-order valence-electron chi connectivity index (χ1n) is 10.1. The average molecular weight is 422 g/mol. The van der Waals surface area contributed by atoms with Gasteiger partial charge in [0, 0.05) is 17.3 Å². The SMILES string of the molecule is Cl.Cl.NCCCCCCCCCCNc1c2ccccc2nc2ccccc12. The topological polar surface area (TPSA) is 50.9 Å². The highest BCUT2D eigenvalue weighted by molar-refractivity contribution is 6.07. The number of pyridine rings is 1. The molecule has 0 amide bonds. The van der Waals surface area contributed by atoms with Crippen molar-refractivity contribution in [3.05, 3.63) is 48.5 Å². The van der Waals surface area contributed by atoms with Gasteiger partial charge in [0.2, 0.25) is 0 Å². The van der Waals surface area contributed by atoms with E-state index < -0.39 is 0 Å². The molecule has 0 bridgehead atoms. The molecule has 3 N–H and O–H groups in total. The van der Waals surface area contributed by atoms with E-state index in [0.29, 0.717) is 0 Å². The second-order valence-corrected chi connectivity index (χ2v) is 7.06. The van der Waals surface area contributed by atoms with E-state index in [1.54, 1.807) is 0 Å². The third-order valence-electron chi connectivity index (χ3n) is 5.02. The first-order valence-corrected chi connectivity index (χ1v) is 10.1. The molecule has 28 heavy (non-hydrogen) atoms. The van der Waals surface area contributed by atoms with Crippen LogP contribution in [0.1, 0.15) is 51.4 Å². The lowest BCUT2D eigenvalue weighted by molar-refractivity contribution is 0.575. The van der Waals surface area contributed by atoms with Gasteiger partial charge >= 0.3 is 0 Å². The van der Waals surface area contributed by atoms with Crippen LogP contribution >= 0.6 is 24.8 Å². The summed E-state index contributed by atoms with van der Waals surface area (Å²) in [6.07, 6.45) is 10.4. The van der Waals surface area contributed by atoms with Gasteiger partial charge in [0.05, 0.1) is 16.7 Å². The smallest absolute Gasteiger partial charge is 0.0730 e. The van der Waals surface area contributed by atoms with Crippen molar-refractivity contribution in [3.8, 4) is 0 Å². The maximum absolute atomic E-state index is 5.53. The number of fused-ring (bicyclic) bond motifs is 2. The van der Waals surface area contributed by atoms with Crippen molar-refractivity contribution in [1.29, 1.82) is 0 Å². The molecule has 0 saturated carbocycles. The molecule has 5 heteroatoms. The summed E-state index contributed by atoms with van der Waals surface area (Å²) < 4.78 is 0. The quantitative estimate of drug-likeness (QED) is 0.266. The number of unbranched alkanes of at least 4 members (excludes halogenated alkanes) is 7. The predicted molar refractivity (Wildman–Crippen MR) is 128 cm³/mol. The summed E-state index contributed by atoms with van der Waals surface area (Å²) in [5.41, 5.74) is 8.88. The summed E-state index contributed by atoms with van der Waals surface area (Å²) in [4.78, 5) is 4.79. The molecule has 0 spiro atoms. The Morgan fingerprint density at radius 1 is 0.643 bits per heavy atom. The Kier molecular flexibility index (Phi) is 11.9. The Morgan fingerprint density at radius 3 is 1.64 bits per heavy atom. The molecular weight excluding hydrogens is 389 g/mol. The van der Waals surface area contributed by atoms with Gasteiger partial charge < -0.3 is 11.1 Å². The van der Waals surface area contributed by atoms with Crippen molar-refractivity contribution in [2.75, 3.05) is 18.4 Å². The van der Waals surface area contributed by atoms with Gasteiger partial charge in [0.1, 0.15) is 0 Å². The van der Waals surface area contributed by atoms with Crippen LogP contribution in [0, 0.1) is 0 Å². The zero-order chi connectivity index (χ0) is 18.0. The number of hydrogen-bond acceptors (Lipinski definition) is 3. The van der Waals surface area contributed by atoms with Crippen molar-refractivity contribution in [2.45, 2.75) is 51.4 Å². The molecule has 0 aliphatic heterocycles. The summed E-state index contributed by atoms with van der Waals surface area (Å²) in [5.74, 6) is 0. The summed E-state index contributed by atoms with van der Waals surface area (Å²) in [7, 11) is 0. The maximum atomic E-state index is 5.53. The lowest BCUT2D eigenvalue weighted by Gasteiger charge is -2.13. The van der Waals surface area contributed by atoms with Crippen molar-refractivity contribution >= 4 is 52.3 Å². The summed E-state index contributed by atoms with van der Waals surface area (Å²) in [5, 5.41) is 6.12. The maximum Gasteiger partial charge on any atom is 0.0730 e. The van der Waals surface area contributed by atoms with E-state index in [0.717, 1.165) is 24.1 Å². The van der Waals surface area contributed by atoms with Gasteiger partial charge in [-0.25, -0.2) is 4.98 Å². The number of aromatic nitrogens is 1. The minimum Gasteiger partial charge on any atom is -0.384 e. The summed E-state index contributed by atoms with van der Waals surface area (Å²) in [6, 6.07) is 16.8. The van der Waals surface area contributed by atoms with Crippen molar-refractivity contribution < 1.29 is 0 Å². The molecule has 154 valence electrons. The molecule has 3 rings (SSSR count). The fourth-order valence-corrected chi connectivity index (χ4v) is 3.57. The molecule has 0 aliphatic rings.